The van der Waals surface area contributed by atoms with Crippen LogP contribution < -0.4 is 15.8 Å². The van der Waals surface area contributed by atoms with Crippen molar-refractivity contribution >= 4 is 38.6 Å². The molecule has 35 heavy (non-hydrogen) atoms. The number of nitrogens with one attached hydrogen (secondary N) is 1. The lowest BCUT2D eigenvalue weighted by Gasteiger charge is -2.15. The second-order valence-corrected chi connectivity index (χ2v) is 7.86. The number of nitriles is 4. The predicted molar refractivity (Wildman–Crippen MR) is 132 cm³/mol. The summed E-state index contributed by atoms with van der Waals surface area (Å²) in [4.78, 5) is 13.1. The van der Waals surface area contributed by atoms with Crippen molar-refractivity contribution in [2.45, 2.75) is 13.0 Å². The maximum atomic E-state index is 13.1. The second-order valence-electron chi connectivity index (χ2n) is 7.86. The monoisotopic (exact) mass is 451 g/mol. The van der Waals surface area contributed by atoms with Crippen molar-refractivity contribution in [3.63, 3.8) is 0 Å². The molecule has 0 saturated carbocycles. The molecule has 6 heteroatoms. The first-order valence-electron chi connectivity index (χ1n) is 10.7. The highest BCUT2D eigenvalue weighted by atomic mass is 16.1. The molecule has 0 radical (unpaired) electrons. The molecule has 0 aliphatic carbocycles. The lowest BCUT2D eigenvalue weighted by atomic mass is 9.92. The van der Waals surface area contributed by atoms with Crippen molar-refractivity contribution in [1.82, 2.24) is 5.32 Å². The zero-order valence-corrected chi connectivity index (χ0v) is 18.7. The van der Waals surface area contributed by atoms with E-state index in [2.05, 4.69) is 5.32 Å². The highest BCUT2D eigenvalue weighted by Gasteiger charge is 2.16. The summed E-state index contributed by atoms with van der Waals surface area (Å²) in [5.74, 6) is -0.329. The maximum absolute atomic E-state index is 13.1. The van der Waals surface area contributed by atoms with Crippen LogP contribution in [0.1, 0.15) is 28.9 Å². The maximum Gasteiger partial charge on any atom is 0.251 e. The summed E-state index contributed by atoms with van der Waals surface area (Å²) in [5, 5.41) is 44.5. The van der Waals surface area contributed by atoms with Gasteiger partial charge in [-0.3, -0.25) is 4.79 Å². The smallest absolute Gasteiger partial charge is 0.251 e. The molecule has 4 rings (SSSR count). The van der Waals surface area contributed by atoms with E-state index in [0.717, 1.165) is 5.56 Å². The minimum absolute atomic E-state index is 0.0943. The fraction of sp³-hybridized carbons (Fsp3) is 0.0690. The van der Waals surface area contributed by atoms with Gasteiger partial charge in [0.05, 0.1) is 6.04 Å². The van der Waals surface area contributed by atoms with E-state index in [9.17, 15) is 25.8 Å². The number of rotatable bonds is 3. The van der Waals surface area contributed by atoms with Crippen molar-refractivity contribution in [3.8, 4) is 24.3 Å². The molecule has 0 unspecified atom stereocenters. The van der Waals surface area contributed by atoms with Crippen molar-refractivity contribution in [2.75, 3.05) is 0 Å². The molecule has 0 spiro atoms. The summed E-state index contributed by atoms with van der Waals surface area (Å²) in [6, 6.07) is 29.0. The third kappa shape index (κ3) is 4.05. The molecule has 4 aromatic rings. The van der Waals surface area contributed by atoms with E-state index in [1.165, 1.54) is 0 Å². The Labute approximate surface area is 201 Å². The van der Waals surface area contributed by atoms with Crippen LogP contribution in [0.3, 0.4) is 0 Å². The van der Waals surface area contributed by atoms with Gasteiger partial charge in [-0.25, -0.2) is 0 Å². The minimum Gasteiger partial charge on any atom is -0.346 e. The van der Waals surface area contributed by atoms with E-state index < -0.39 is 0 Å². The van der Waals surface area contributed by atoms with E-state index in [0.29, 0.717) is 37.5 Å². The number of carbonyl (C=O) groups is 1. The Hall–Kier alpha value is -5.43. The summed E-state index contributed by atoms with van der Waals surface area (Å²) in [7, 11) is 0. The molecule has 0 bridgehead atoms. The average Bonchev–Trinajstić information content (AvgIpc) is 2.90. The van der Waals surface area contributed by atoms with Crippen molar-refractivity contribution in [2.24, 2.45) is 0 Å². The van der Waals surface area contributed by atoms with Crippen LogP contribution in [-0.4, -0.2) is 5.91 Å². The van der Waals surface area contributed by atoms with Crippen molar-refractivity contribution in [3.05, 3.63) is 94.4 Å². The number of hydrogen-bond acceptors (Lipinski definition) is 5. The quantitative estimate of drug-likeness (QED) is 0.473. The molecule has 0 aliphatic rings. The average molecular weight is 451 g/mol. The molecule has 164 valence electrons. The Kier molecular flexibility index (Phi) is 6.24. The third-order valence-electron chi connectivity index (χ3n) is 5.88. The van der Waals surface area contributed by atoms with Gasteiger partial charge in [0, 0.05) is 16.0 Å². The van der Waals surface area contributed by atoms with Crippen LogP contribution in [-0.2, 0) is 0 Å². The number of fused-ring (bicyclic) bond motifs is 2. The van der Waals surface area contributed by atoms with Gasteiger partial charge in [-0.2, -0.15) is 21.0 Å². The molecule has 1 amide bonds. The molecule has 0 aromatic heterocycles. The second kappa shape index (κ2) is 9.60. The highest BCUT2D eigenvalue weighted by molar-refractivity contribution is 6.08. The zero-order valence-electron chi connectivity index (χ0n) is 18.7. The summed E-state index contributed by atoms with van der Waals surface area (Å²) in [6.07, 6.45) is 0. The number of benzene rings is 4. The molecule has 0 fully saturated rings. The lowest BCUT2D eigenvalue weighted by molar-refractivity contribution is 0.0940. The van der Waals surface area contributed by atoms with Gasteiger partial charge >= 0.3 is 0 Å². The van der Waals surface area contributed by atoms with Gasteiger partial charge in [0.25, 0.3) is 5.91 Å². The van der Waals surface area contributed by atoms with Crippen LogP contribution in [0.5, 0.6) is 0 Å². The molecular formula is C29H17N5O. The Bertz CT molecular complexity index is 1760. The molecule has 1 atom stereocenters. The summed E-state index contributed by atoms with van der Waals surface area (Å²) < 4.78 is 0. The molecule has 6 nitrogen and oxygen atoms in total. The zero-order chi connectivity index (χ0) is 24.9. The van der Waals surface area contributed by atoms with Crippen LogP contribution in [0, 0.1) is 45.3 Å². The highest BCUT2D eigenvalue weighted by Crippen LogP contribution is 2.19. The SMILES string of the molecule is C[C@@H](NC(=O)c1ccc2c(=C(C#N)C#N)c3ccccc3c(=C(C#N)C#N)c2c1)c1ccccc1. The van der Waals surface area contributed by atoms with Crippen LogP contribution in [0.2, 0.25) is 0 Å². The predicted octanol–water partition coefficient (Wildman–Crippen LogP) is 3.88. The summed E-state index contributed by atoms with van der Waals surface area (Å²) >= 11 is 0. The molecular weight excluding hydrogens is 434 g/mol. The Balaban J connectivity index is 2.07. The first-order valence-corrected chi connectivity index (χ1v) is 10.7. The first kappa shape index (κ1) is 22.8. The Morgan fingerprint density at radius 3 is 1.71 bits per heavy atom. The van der Waals surface area contributed by atoms with Crippen molar-refractivity contribution in [1.29, 1.82) is 21.0 Å². The van der Waals surface area contributed by atoms with E-state index in [-0.39, 0.29) is 23.1 Å². The van der Waals surface area contributed by atoms with E-state index >= 15 is 0 Å². The number of amides is 1. The summed E-state index contributed by atoms with van der Waals surface area (Å²) in [6.45, 7) is 1.88. The number of carbonyl (C=O) groups excluding carboxylic acids is 1. The van der Waals surface area contributed by atoms with Gasteiger partial charge in [0.1, 0.15) is 35.4 Å². The molecule has 1 N–H and O–H groups in total. The van der Waals surface area contributed by atoms with Gasteiger partial charge in [-0.05, 0) is 46.2 Å². The van der Waals surface area contributed by atoms with Crippen LogP contribution in [0.15, 0.2) is 72.8 Å². The van der Waals surface area contributed by atoms with E-state index in [1.807, 2.05) is 61.5 Å². The van der Waals surface area contributed by atoms with Crippen molar-refractivity contribution < 1.29 is 4.79 Å². The Morgan fingerprint density at radius 2 is 1.17 bits per heavy atom. The largest absolute Gasteiger partial charge is 0.346 e. The van der Waals surface area contributed by atoms with Gasteiger partial charge in [0.2, 0.25) is 0 Å². The number of hydrogen-bond donors (Lipinski definition) is 1. The molecule has 0 saturated heterocycles. The lowest BCUT2D eigenvalue weighted by Crippen LogP contribution is -2.27. The third-order valence-corrected chi connectivity index (χ3v) is 5.88. The van der Waals surface area contributed by atoms with Gasteiger partial charge in [-0.15, -0.1) is 0 Å². The Morgan fingerprint density at radius 1 is 0.686 bits per heavy atom. The topological polar surface area (TPSA) is 124 Å². The normalized spacial score (nSPS) is 10.9. The minimum atomic E-state index is -0.329. The van der Waals surface area contributed by atoms with E-state index in [1.54, 1.807) is 42.5 Å². The molecule has 4 aromatic carbocycles. The molecule has 0 aliphatic heterocycles. The fourth-order valence-corrected chi connectivity index (χ4v) is 4.24. The summed E-state index contributed by atoms with van der Waals surface area (Å²) in [5.41, 5.74) is 1.06. The first-order chi connectivity index (χ1) is 17.0. The van der Waals surface area contributed by atoms with Gasteiger partial charge < -0.3 is 5.32 Å². The standard InChI is InChI=1S/C29H17N5O/c1-18(19-7-3-2-4-8-19)34-29(35)20-11-12-25-26(13-20)28(22(16-32)17-33)24-10-6-5-9-23(24)27(25)21(14-30)15-31/h2-13,18H,1H3,(H,34,35)/t18-/m1/s1. The van der Waals surface area contributed by atoms with Gasteiger partial charge in [0.15, 0.2) is 0 Å². The fourth-order valence-electron chi connectivity index (χ4n) is 4.24. The van der Waals surface area contributed by atoms with E-state index in [4.69, 9.17) is 0 Å². The molecule has 0 heterocycles. The van der Waals surface area contributed by atoms with Crippen LogP contribution in [0.4, 0.5) is 0 Å². The van der Waals surface area contributed by atoms with Gasteiger partial charge in [-0.1, -0.05) is 60.7 Å². The van der Waals surface area contributed by atoms with Crippen LogP contribution in [0.25, 0.3) is 32.7 Å². The van der Waals surface area contributed by atoms with Crippen LogP contribution >= 0.6 is 0 Å². The number of nitrogens with zero attached hydrogens (tertiary/aromatic N) is 4.